The smallest absolute Gasteiger partial charge is 0.268 e. The molecule has 0 saturated heterocycles. The fraction of sp³-hybridized carbons (Fsp3) is 0.200. The Morgan fingerprint density at radius 1 is 1.08 bits per heavy atom. The zero-order chi connectivity index (χ0) is 18.2. The number of aryl methyl sites for hydroxylation is 1. The highest BCUT2D eigenvalue weighted by Gasteiger charge is 2.11. The summed E-state index contributed by atoms with van der Waals surface area (Å²) in [5.41, 5.74) is 3.06. The van der Waals surface area contributed by atoms with Crippen molar-refractivity contribution in [2.45, 2.75) is 20.4 Å². The van der Waals surface area contributed by atoms with Crippen LogP contribution >= 0.6 is 0 Å². The first-order valence-electron chi connectivity index (χ1n) is 7.95. The summed E-state index contributed by atoms with van der Waals surface area (Å²) in [5, 5.41) is 5.42. The second-order valence-corrected chi connectivity index (χ2v) is 5.63. The summed E-state index contributed by atoms with van der Waals surface area (Å²) in [4.78, 5) is 23.9. The van der Waals surface area contributed by atoms with E-state index >= 15 is 0 Å². The van der Waals surface area contributed by atoms with Crippen LogP contribution in [0.5, 0.6) is 5.75 Å². The third kappa shape index (κ3) is 5.49. The molecule has 130 valence electrons. The maximum atomic E-state index is 12.5. The van der Waals surface area contributed by atoms with Gasteiger partial charge in [-0.1, -0.05) is 36.4 Å². The third-order valence-electron chi connectivity index (χ3n) is 3.66. The van der Waals surface area contributed by atoms with Crippen LogP contribution in [0.2, 0.25) is 0 Å². The number of carbonyl (C=O) groups excluding carboxylic acids is 2. The largest absolute Gasteiger partial charge is 0.497 e. The van der Waals surface area contributed by atoms with Crippen molar-refractivity contribution in [2.75, 3.05) is 7.11 Å². The van der Waals surface area contributed by atoms with E-state index in [4.69, 9.17) is 4.74 Å². The Kier molecular flexibility index (Phi) is 6.34. The number of hydrogen-bond acceptors (Lipinski definition) is 3. The molecular formula is C20H22N2O3. The molecule has 2 amide bonds. The molecule has 0 radical (unpaired) electrons. The number of benzene rings is 2. The van der Waals surface area contributed by atoms with Crippen molar-refractivity contribution in [1.29, 1.82) is 0 Å². The Morgan fingerprint density at radius 2 is 1.76 bits per heavy atom. The van der Waals surface area contributed by atoms with Crippen LogP contribution in [0.25, 0.3) is 6.08 Å². The zero-order valence-electron chi connectivity index (χ0n) is 14.6. The molecule has 0 bridgehead atoms. The Morgan fingerprint density at radius 3 is 2.36 bits per heavy atom. The minimum Gasteiger partial charge on any atom is -0.497 e. The molecule has 0 spiro atoms. The number of rotatable bonds is 6. The quantitative estimate of drug-likeness (QED) is 0.796. The van der Waals surface area contributed by atoms with Gasteiger partial charge in [-0.05, 0) is 41.8 Å². The molecule has 0 heterocycles. The van der Waals surface area contributed by atoms with Crippen LogP contribution in [-0.2, 0) is 16.1 Å². The normalized spacial score (nSPS) is 10.9. The highest BCUT2D eigenvalue weighted by molar-refractivity contribution is 6.01. The molecule has 0 fully saturated rings. The van der Waals surface area contributed by atoms with Gasteiger partial charge in [-0.3, -0.25) is 9.59 Å². The summed E-state index contributed by atoms with van der Waals surface area (Å²) < 4.78 is 5.11. The maximum absolute atomic E-state index is 12.5. The molecule has 0 saturated carbocycles. The van der Waals surface area contributed by atoms with Gasteiger partial charge in [0.15, 0.2) is 0 Å². The number of amides is 2. The van der Waals surface area contributed by atoms with Gasteiger partial charge in [0.2, 0.25) is 5.91 Å². The molecule has 0 aliphatic heterocycles. The number of methoxy groups -OCH3 is 1. The van der Waals surface area contributed by atoms with E-state index in [0.717, 1.165) is 22.4 Å². The standard InChI is InChI=1S/C20H22N2O3/c1-14-6-4-5-7-17(14)12-19(22-15(2)23)20(24)21-13-16-8-10-18(25-3)11-9-16/h4-12H,13H2,1-3H3,(H,21,24)(H,22,23)/b19-12+. The Bertz CT molecular complexity index is 780. The fourth-order valence-electron chi connectivity index (χ4n) is 2.27. The van der Waals surface area contributed by atoms with Crippen LogP contribution < -0.4 is 15.4 Å². The molecule has 0 aliphatic rings. The predicted octanol–water partition coefficient (Wildman–Crippen LogP) is 2.80. The first kappa shape index (κ1) is 18.3. The molecule has 2 N–H and O–H groups in total. The van der Waals surface area contributed by atoms with Gasteiger partial charge in [0.05, 0.1) is 7.11 Å². The summed E-state index contributed by atoms with van der Waals surface area (Å²) in [6, 6.07) is 15.1. The van der Waals surface area contributed by atoms with E-state index in [1.807, 2.05) is 55.5 Å². The van der Waals surface area contributed by atoms with Crippen molar-refractivity contribution in [3.63, 3.8) is 0 Å². The molecule has 5 heteroatoms. The maximum Gasteiger partial charge on any atom is 0.268 e. The van der Waals surface area contributed by atoms with Crippen molar-refractivity contribution < 1.29 is 14.3 Å². The van der Waals surface area contributed by atoms with Crippen molar-refractivity contribution in [3.05, 3.63) is 70.9 Å². The van der Waals surface area contributed by atoms with Gasteiger partial charge in [0, 0.05) is 13.5 Å². The lowest BCUT2D eigenvalue weighted by molar-refractivity contribution is -0.122. The van der Waals surface area contributed by atoms with Gasteiger partial charge in [0.1, 0.15) is 11.4 Å². The average molecular weight is 338 g/mol. The van der Waals surface area contributed by atoms with Crippen molar-refractivity contribution >= 4 is 17.9 Å². The molecule has 0 aliphatic carbocycles. The molecule has 5 nitrogen and oxygen atoms in total. The highest BCUT2D eigenvalue weighted by atomic mass is 16.5. The number of carbonyl (C=O) groups is 2. The van der Waals surface area contributed by atoms with Gasteiger partial charge in [-0.2, -0.15) is 0 Å². The minimum absolute atomic E-state index is 0.218. The lowest BCUT2D eigenvalue weighted by Gasteiger charge is -2.11. The van der Waals surface area contributed by atoms with Gasteiger partial charge in [0.25, 0.3) is 5.91 Å². The van der Waals surface area contributed by atoms with Crippen LogP contribution in [0, 0.1) is 6.92 Å². The Labute approximate surface area is 147 Å². The Hall–Kier alpha value is -3.08. The van der Waals surface area contributed by atoms with E-state index in [-0.39, 0.29) is 17.5 Å². The fourth-order valence-corrected chi connectivity index (χ4v) is 2.27. The van der Waals surface area contributed by atoms with Crippen LogP contribution in [-0.4, -0.2) is 18.9 Å². The third-order valence-corrected chi connectivity index (χ3v) is 3.66. The second kappa shape index (κ2) is 8.68. The summed E-state index contributed by atoms with van der Waals surface area (Å²) in [7, 11) is 1.60. The Balaban J connectivity index is 2.12. The lowest BCUT2D eigenvalue weighted by atomic mass is 10.1. The van der Waals surface area contributed by atoms with E-state index in [1.165, 1.54) is 6.92 Å². The molecule has 0 atom stereocenters. The second-order valence-electron chi connectivity index (χ2n) is 5.63. The van der Waals surface area contributed by atoms with Crippen molar-refractivity contribution in [2.24, 2.45) is 0 Å². The lowest BCUT2D eigenvalue weighted by Crippen LogP contribution is -2.33. The summed E-state index contributed by atoms with van der Waals surface area (Å²) >= 11 is 0. The van der Waals surface area contributed by atoms with Crippen LogP contribution in [0.4, 0.5) is 0 Å². The van der Waals surface area contributed by atoms with E-state index in [0.29, 0.717) is 6.54 Å². The number of hydrogen-bond donors (Lipinski definition) is 2. The van der Waals surface area contributed by atoms with Crippen molar-refractivity contribution in [3.8, 4) is 5.75 Å². The molecule has 2 rings (SSSR count). The monoisotopic (exact) mass is 338 g/mol. The molecule has 2 aromatic carbocycles. The van der Waals surface area contributed by atoms with E-state index in [1.54, 1.807) is 13.2 Å². The topological polar surface area (TPSA) is 67.4 Å². The molecular weight excluding hydrogens is 316 g/mol. The number of ether oxygens (including phenoxy) is 1. The SMILES string of the molecule is COc1ccc(CNC(=O)/C(=C\c2ccccc2C)NC(C)=O)cc1. The van der Waals surface area contributed by atoms with Crippen LogP contribution in [0.15, 0.2) is 54.2 Å². The highest BCUT2D eigenvalue weighted by Crippen LogP contribution is 2.13. The average Bonchev–Trinajstić information content (AvgIpc) is 2.61. The van der Waals surface area contributed by atoms with Gasteiger partial charge >= 0.3 is 0 Å². The van der Waals surface area contributed by atoms with Gasteiger partial charge in [-0.25, -0.2) is 0 Å². The van der Waals surface area contributed by atoms with E-state index < -0.39 is 0 Å². The predicted molar refractivity (Wildman–Crippen MR) is 97.8 cm³/mol. The molecule has 25 heavy (non-hydrogen) atoms. The van der Waals surface area contributed by atoms with Crippen LogP contribution in [0.1, 0.15) is 23.6 Å². The van der Waals surface area contributed by atoms with Gasteiger partial charge in [-0.15, -0.1) is 0 Å². The first-order valence-corrected chi connectivity index (χ1v) is 7.95. The molecule has 2 aromatic rings. The zero-order valence-corrected chi connectivity index (χ0v) is 14.6. The minimum atomic E-state index is -0.339. The summed E-state index contributed by atoms with van der Waals surface area (Å²) in [6.45, 7) is 3.68. The van der Waals surface area contributed by atoms with E-state index in [2.05, 4.69) is 10.6 Å². The number of nitrogens with one attached hydrogen (secondary N) is 2. The van der Waals surface area contributed by atoms with Crippen LogP contribution in [0.3, 0.4) is 0 Å². The van der Waals surface area contributed by atoms with Crippen molar-refractivity contribution in [1.82, 2.24) is 10.6 Å². The van der Waals surface area contributed by atoms with E-state index in [9.17, 15) is 9.59 Å². The summed E-state index contributed by atoms with van der Waals surface area (Å²) in [6.07, 6.45) is 1.68. The first-order chi connectivity index (χ1) is 12.0. The molecule has 0 aromatic heterocycles. The molecule has 0 unspecified atom stereocenters. The van der Waals surface area contributed by atoms with Gasteiger partial charge < -0.3 is 15.4 Å². The summed E-state index contributed by atoms with van der Waals surface area (Å²) in [5.74, 6) is 0.127.